The normalized spacial score (nSPS) is 14.1. The highest BCUT2D eigenvalue weighted by Gasteiger charge is 2.26. The quantitative estimate of drug-likeness (QED) is 0.0266. The number of nitrogens with two attached hydrogens (primary N) is 1. The molecule has 0 saturated heterocycles. The van der Waals surface area contributed by atoms with E-state index in [-0.39, 0.29) is 32.6 Å². The molecular weight excluding hydrogens is 774 g/mol. The molecule has 0 aromatic rings. The van der Waals surface area contributed by atoms with Crippen molar-refractivity contribution in [2.45, 2.75) is 180 Å². The molecule has 0 fully saturated rings. The lowest BCUT2D eigenvalue weighted by atomic mass is 10.1. The van der Waals surface area contributed by atoms with Gasteiger partial charge in [0.2, 0.25) is 0 Å². The number of carbonyl (C=O) groups excluding carboxylic acids is 2. The van der Waals surface area contributed by atoms with Gasteiger partial charge in [0.05, 0.1) is 13.2 Å². The zero-order chi connectivity index (χ0) is 43.9. The molecule has 0 aromatic carbocycles. The third kappa shape index (κ3) is 44.5. The van der Waals surface area contributed by atoms with Crippen LogP contribution in [0.1, 0.15) is 174 Å². The molecule has 0 rings (SSSR count). The summed E-state index contributed by atoms with van der Waals surface area (Å²) < 4.78 is 32.7. The first-order chi connectivity index (χ1) is 29.3. The Bertz CT molecular complexity index is 1300. The fourth-order valence-electron chi connectivity index (χ4n) is 5.79. The highest BCUT2D eigenvalue weighted by Crippen LogP contribution is 2.43. The molecule has 0 bridgehead atoms. The second-order valence-corrected chi connectivity index (χ2v) is 16.3. The number of carbonyl (C=O) groups is 2. The van der Waals surface area contributed by atoms with E-state index in [0.29, 0.717) is 12.8 Å². The number of unbranched alkanes of at least 4 members (excludes halogenated alkanes) is 13. The molecule has 2 atom stereocenters. The van der Waals surface area contributed by atoms with Crippen molar-refractivity contribution in [2.24, 2.45) is 5.73 Å². The highest BCUT2D eigenvalue weighted by molar-refractivity contribution is 7.47. The van der Waals surface area contributed by atoms with E-state index < -0.39 is 32.5 Å². The number of phosphoric acid groups is 1. The van der Waals surface area contributed by atoms with Crippen LogP contribution in [0, 0.1) is 0 Å². The third-order valence-corrected chi connectivity index (χ3v) is 10.2. The summed E-state index contributed by atoms with van der Waals surface area (Å²) in [6.45, 7) is 3.51. The molecule has 0 aromatic heterocycles. The second kappa shape index (κ2) is 45.5. The predicted molar refractivity (Wildman–Crippen MR) is 252 cm³/mol. The van der Waals surface area contributed by atoms with Crippen molar-refractivity contribution in [3.63, 3.8) is 0 Å². The summed E-state index contributed by atoms with van der Waals surface area (Å²) in [6.07, 6.45) is 58.8. The van der Waals surface area contributed by atoms with Gasteiger partial charge in [0.15, 0.2) is 6.10 Å². The van der Waals surface area contributed by atoms with Crippen LogP contribution < -0.4 is 5.73 Å². The first-order valence-electron chi connectivity index (χ1n) is 23.2. The molecule has 0 saturated carbocycles. The summed E-state index contributed by atoms with van der Waals surface area (Å²) >= 11 is 0. The maximum Gasteiger partial charge on any atom is 0.472 e. The Morgan fingerprint density at radius 2 is 0.917 bits per heavy atom. The van der Waals surface area contributed by atoms with Crippen molar-refractivity contribution in [2.75, 3.05) is 26.4 Å². The largest absolute Gasteiger partial charge is 0.472 e. The Hall–Kier alpha value is -3.07. The Morgan fingerprint density at radius 3 is 1.38 bits per heavy atom. The van der Waals surface area contributed by atoms with Gasteiger partial charge in [-0.15, -0.1) is 0 Å². The summed E-state index contributed by atoms with van der Waals surface area (Å²) in [5, 5.41) is 0. The molecule has 10 heteroatoms. The topological polar surface area (TPSA) is 134 Å². The van der Waals surface area contributed by atoms with Gasteiger partial charge in [-0.1, -0.05) is 169 Å². The Labute approximate surface area is 366 Å². The van der Waals surface area contributed by atoms with E-state index in [4.69, 9.17) is 24.3 Å². The highest BCUT2D eigenvalue weighted by atomic mass is 31.2. The number of phosphoric ester groups is 1. The lowest BCUT2D eigenvalue weighted by Crippen LogP contribution is -2.29. The zero-order valence-electron chi connectivity index (χ0n) is 37.7. The van der Waals surface area contributed by atoms with Crippen LogP contribution in [-0.2, 0) is 32.7 Å². The number of ether oxygens (including phenoxy) is 2. The van der Waals surface area contributed by atoms with Gasteiger partial charge in [0.1, 0.15) is 6.61 Å². The van der Waals surface area contributed by atoms with Crippen LogP contribution in [0.4, 0.5) is 0 Å². The standard InChI is InChI=1S/C50H84NO8P/c1-3-5-7-9-11-13-15-16-17-18-19-20-21-22-23-24-25-26-27-28-29-30-31-32-33-35-37-39-41-43-50(53)59-48(47-58-60(54,55)57-45-44-51)46-56-49(52)42-40-38-36-34-14-12-10-8-6-4-2/h5,7-8,10-11,13,16-17,19-20,22-23,25-26,28-29,48H,3-4,6,9,12,14-15,18,21,24,27,30-47,51H2,1-2H3,(H,54,55)/b7-5-,10-8-,13-11-,17-16-,20-19-,23-22-,26-25-,29-28-. The zero-order valence-corrected chi connectivity index (χ0v) is 38.5. The molecule has 0 spiro atoms. The second-order valence-electron chi connectivity index (χ2n) is 14.9. The van der Waals surface area contributed by atoms with Crippen molar-refractivity contribution < 1.29 is 37.6 Å². The minimum absolute atomic E-state index is 0.0452. The number of esters is 2. The van der Waals surface area contributed by atoms with Crippen LogP contribution in [0.3, 0.4) is 0 Å². The lowest BCUT2D eigenvalue weighted by molar-refractivity contribution is -0.161. The molecule has 0 aliphatic heterocycles. The van der Waals surface area contributed by atoms with Gasteiger partial charge in [-0.2, -0.15) is 0 Å². The van der Waals surface area contributed by atoms with E-state index in [0.717, 1.165) is 109 Å². The summed E-state index contributed by atoms with van der Waals surface area (Å²) in [4.78, 5) is 34.8. The SMILES string of the molecule is CC/C=C\C/C=C\C/C=C\C/C=C\C/C=C\C/C=C\C/C=C\CCCCCCCCCC(=O)OC(COC(=O)CCCCCCC/C=C\CCC)COP(=O)(O)OCCN. The van der Waals surface area contributed by atoms with Crippen LogP contribution in [0.5, 0.6) is 0 Å². The smallest absolute Gasteiger partial charge is 0.462 e. The van der Waals surface area contributed by atoms with E-state index in [2.05, 4.69) is 111 Å². The molecule has 3 N–H and O–H groups in total. The van der Waals surface area contributed by atoms with Crippen LogP contribution in [-0.4, -0.2) is 49.3 Å². The summed E-state index contributed by atoms with van der Waals surface area (Å²) in [5.74, 6) is -0.863. The van der Waals surface area contributed by atoms with E-state index in [1.165, 1.54) is 25.7 Å². The summed E-state index contributed by atoms with van der Waals surface area (Å²) in [5.41, 5.74) is 5.34. The molecule has 0 aliphatic rings. The van der Waals surface area contributed by atoms with Crippen molar-refractivity contribution in [3.05, 3.63) is 97.2 Å². The van der Waals surface area contributed by atoms with Crippen molar-refractivity contribution in [1.82, 2.24) is 0 Å². The molecule has 0 radical (unpaired) electrons. The van der Waals surface area contributed by atoms with Crippen molar-refractivity contribution >= 4 is 19.8 Å². The fraction of sp³-hybridized carbons (Fsp3) is 0.640. The monoisotopic (exact) mass is 858 g/mol. The van der Waals surface area contributed by atoms with Gasteiger partial charge in [0, 0.05) is 19.4 Å². The number of rotatable bonds is 42. The summed E-state index contributed by atoms with van der Waals surface area (Å²) in [7, 11) is -4.39. The van der Waals surface area contributed by atoms with Crippen LogP contribution in [0.25, 0.3) is 0 Å². The minimum atomic E-state index is -4.39. The van der Waals surface area contributed by atoms with E-state index >= 15 is 0 Å². The molecule has 9 nitrogen and oxygen atoms in total. The van der Waals surface area contributed by atoms with Gasteiger partial charge in [-0.3, -0.25) is 18.6 Å². The third-order valence-electron chi connectivity index (χ3n) is 9.18. The Morgan fingerprint density at radius 1 is 0.517 bits per heavy atom. The van der Waals surface area contributed by atoms with Crippen LogP contribution in [0.15, 0.2) is 97.2 Å². The van der Waals surface area contributed by atoms with Gasteiger partial charge in [-0.05, 0) is 89.9 Å². The van der Waals surface area contributed by atoms with Crippen LogP contribution >= 0.6 is 7.82 Å². The Kier molecular flexibility index (Phi) is 43.1. The molecule has 0 heterocycles. The van der Waals surface area contributed by atoms with Gasteiger partial charge < -0.3 is 20.1 Å². The Balaban J connectivity index is 4.08. The molecular formula is C50H84NO8P. The predicted octanol–water partition coefficient (Wildman–Crippen LogP) is 13.8. The maximum absolute atomic E-state index is 12.6. The number of hydrogen-bond acceptors (Lipinski definition) is 8. The molecule has 60 heavy (non-hydrogen) atoms. The molecule has 342 valence electrons. The van der Waals surface area contributed by atoms with E-state index in [1.807, 2.05) is 0 Å². The number of allylic oxidation sites excluding steroid dienone is 16. The van der Waals surface area contributed by atoms with Crippen LogP contribution in [0.2, 0.25) is 0 Å². The summed E-state index contributed by atoms with van der Waals surface area (Å²) in [6, 6.07) is 0. The van der Waals surface area contributed by atoms with E-state index in [1.54, 1.807) is 0 Å². The van der Waals surface area contributed by atoms with Gasteiger partial charge in [-0.25, -0.2) is 4.57 Å². The maximum atomic E-state index is 12.6. The first-order valence-corrected chi connectivity index (χ1v) is 24.7. The lowest BCUT2D eigenvalue weighted by Gasteiger charge is -2.19. The average Bonchev–Trinajstić information content (AvgIpc) is 3.24. The molecule has 0 amide bonds. The van der Waals surface area contributed by atoms with E-state index in [9.17, 15) is 19.0 Å². The van der Waals surface area contributed by atoms with Crippen molar-refractivity contribution in [1.29, 1.82) is 0 Å². The number of hydrogen-bond donors (Lipinski definition) is 2. The fourth-order valence-corrected chi connectivity index (χ4v) is 6.56. The van der Waals surface area contributed by atoms with Crippen molar-refractivity contribution in [3.8, 4) is 0 Å². The molecule has 0 aliphatic carbocycles. The van der Waals surface area contributed by atoms with Gasteiger partial charge in [0.25, 0.3) is 0 Å². The minimum Gasteiger partial charge on any atom is -0.462 e. The van der Waals surface area contributed by atoms with Gasteiger partial charge >= 0.3 is 19.8 Å². The first kappa shape index (κ1) is 56.9. The molecule has 2 unspecified atom stereocenters. The average molecular weight is 858 g/mol.